The average molecular weight is 191 g/mol. The van der Waals surface area contributed by atoms with Crippen LogP contribution in [0.3, 0.4) is 0 Å². The van der Waals surface area contributed by atoms with Crippen LogP contribution in [-0.2, 0) is 4.79 Å². The van der Waals surface area contributed by atoms with Gasteiger partial charge in [-0.05, 0) is 18.6 Å². The van der Waals surface area contributed by atoms with Gasteiger partial charge in [0.15, 0.2) is 0 Å². The molecule has 0 radical (unpaired) electrons. The molecule has 0 aliphatic rings. The fourth-order valence-electron chi connectivity index (χ4n) is 1.18. The fourth-order valence-corrected chi connectivity index (χ4v) is 1.74. The van der Waals surface area contributed by atoms with Gasteiger partial charge < -0.3 is 10.8 Å². The minimum atomic E-state index is -0.737. The molecule has 0 aromatic rings. The van der Waals surface area contributed by atoms with Gasteiger partial charge in [0.25, 0.3) is 0 Å². The maximum absolute atomic E-state index is 10.3. The standard InChI is InChI=1S/C8H17NO2S/c1-6(4-8(10)11)3-7(9)5-12-2/h6-7H,3-5,9H2,1-2H3,(H,10,11)/t6-,7+/m1/s1. The SMILES string of the molecule is CSC[C@@H](N)C[C@@H](C)CC(=O)O. The molecule has 3 nitrogen and oxygen atoms in total. The van der Waals surface area contributed by atoms with E-state index in [4.69, 9.17) is 10.8 Å². The van der Waals surface area contributed by atoms with Crippen molar-refractivity contribution in [3.05, 3.63) is 0 Å². The van der Waals surface area contributed by atoms with Crippen molar-refractivity contribution in [2.24, 2.45) is 11.7 Å². The molecule has 3 N–H and O–H groups in total. The van der Waals surface area contributed by atoms with Gasteiger partial charge in [0.1, 0.15) is 0 Å². The van der Waals surface area contributed by atoms with E-state index in [1.54, 1.807) is 11.8 Å². The number of carbonyl (C=O) groups is 1. The predicted molar refractivity (Wildman–Crippen MR) is 52.4 cm³/mol. The molecule has 0 saturated heterocycles. The summed E-state index contributed by atoms with van der Waals surface area (Å²) in [4.78, 5) is 10.3. The monoisotopic (exact) mass is 191 g/mol. The Labute approximate surface area is 77.7 Å². The number of aliphatic carboxylic acids is 1. The van der Waals surface area contributed by atoms with E-state index in [-0.39, 0.29) is 18.4 Å². The van der Waals surface area contributed by atoms with Gasteiger partial charge in [0, 0.05) is 18.2 Å². The highest BCUT2D eigenvalue weighted by Crippen LogP contribution is 2.11. The molecular weight excluding hydrogens is 174 g/mol. The smallest absolute Gasteiger partial charge is 0.303 e. The van der Waals surface area contributed by atoms with Crippen molar-refractivity contribution in [2.45, 2.75) is 25.8 Å². The van der Waals surface area contributed by atoms with Gasteiger partial charge in [-0.25, -0.2) is 0 Å². The molecule has 4 heteroatoms. The van der Waals surface area contributed by atoms with Crippen LogP contribution in [0.15, 0.2) is 0 Å². The zero-order valence-electron chi connectivity index (χ0n) is 7.62. The second kappa shape index (κ2) is 6.31. The summed E-state index contributed by atoms with van der Waals surface area (Å²) in [5.41, 5.74) is 5.75. The number of rotatable bonds is 6. The summed E-state index contributed by atoms with van der Waals surface area (Å²) in [6.07, 6.45) is 3.02. The highest BCUT2D eigenvalue weighted by atomic mass is 32.2. The minimum Gasteiger partial charge on any atom is -0.481 e. The van der Waals surface area contributed by atoms with Crippen LogP contribution in [0.1, 0.15) is 19.8 Å². The van der Waals surface area contributed by atoms with Crippen molar-refractivity contribution in [3.63, 3.8) is 0 Å². The third-order valence-corrected chi connectivity index (χ3v) is 2.37. The number of hydrogen-bond acceptors (Lipinski definition) is 3. The van der Waals surface area contributed by atoms with E-state index in [2.05, 4.69) is 0 Å². The number of thioether (sulfide) groups is 1. The van der Waals surface area contributed by atoms with Crippen molar-refractivity contribution < 1.29 is 9.90 Å². The Balaban J connectivity index is 3.53. The van der Waals surface area contributed by atoms with Crippen LogP contribution < -0.4 is 5.73 Å². The van der Waals surface area contributed by atoms with Gasteiger partial charge in [0.2, 0.25) is 0 Å². The second-order valence-electron chi connectivity index (χ2n) is 3.15. The highest BCUT2D eigenvalue weighted by Gasteiger charge is 2.11. The number of carboxylic acid groups (broad SMARTS) is 1. The highest BCUT2D eigenvalue weighted by molar-refractivity contribution is 7.98. The lowest BCUT2D eigenvalue weighted by Gasteiger charge is -2.14. The summed E-state index contributed by atoms with van der Waals surface area (Å²) in [6.45, 7) is 1.92. The Bertz CT molecular complexity index is 141. The Hall–Kier alpha value is -0.220. The van der Waals surface area contributed by atoms with Gasteiger partial charge in [-0.15, -0.1) is 0 Å². The number of nitrogens with two attached hydrogens (primary N) is 1. The summed E-state index contributed by atoms with van der Waals surface area (Å²) in [7, 11) is 0. The Morgan fingerprint density at radius 2 is 2.25 bits per heavy atom. The fraction of sp³-hybridized carbons (Fsp3) is 0.875. The van der Waals surface area contributed by atoms with Crippen molar-refractivity contribution in [2.75, 3.05) is 12.0 Å². The van der Waals surface area contributed by atoms with E-state index >= 15 is 0 Å². The summed E-state index contributed by atoms with van der Waals surface area (Å²) in [5.74, 6) is 0.354. The van der Waals surface area contributed by atoms with Crippen LogP contribution in [0.25, 0.3) is 0 Å². The lowest BCUT2D eigenvalue weighted by atomic mass is 10.00. The Kier molecular flexibility index (Phi) is 6.20. The molecule has 0 spiro atoms. The molecule has 2 atom stereocenters. The lowest BCUT2D eigenvalue weighted by molar-refractivity contribution is -0.138. The van der Waals surface area contributed by atoms with E-state index in [9.17, 15) is 4.79 Å². The first-order chi connectivity index (χ1) is 5.56. The number of hydrogen-bond donors (Lipinski definition) is 2. The van der Waals surface area contributed by atoms with E-state index in [0.717, 1.165) is 12.2 Å². The minimum absolute atomic E-state index is 0.134. The van der Waals surface area contributed by atoms with Crippen molar-refractivity contribution in [3.8, 4) is 0 Å². The number of carboxylic acids is 1. The van der Waals surface area contributed by atoms with Gasteiger partial charge in [0.05, 0.1) is 0 Å². The molecule has 0 aromatic carbocycles. The Morgan fingerprint density at radius 3 is 2.67 bits per heavy atom. The van der Waals surface area contributed by atoms with Crippen molar-refractivity contribution in [1.82, 2.24) is 0 Å². The molecule has 0 amide bonds. The Morgan fingerprint density at radius 1 is 1.67 bits per heavy atom. The lowest BCUT2D eigenvalue weighted by Crippen LogP contribution is -2.26. The topological polar surface area (TPSA) is 63.3 Å². The van der Waals surface area contributed by atoms with E-state index in [0.29, 0.717) is 0 Å². The summed E-state index contributed by atoms with van der Waals surface area (Å²) in [6, 6.07) is 0.134. The molecule has 72 valence electrons. The van der Waals surface area contributed by atoms with Gasteiger partial charge in [-0.3, -0.25) is 4.79 Å². The molecule has 0 aliphatic carbocycles. The van der Waals surface area contributed by atoms with Gasteiger partial charge >= 0.3 is 5.97 Å². The van der Waals surface area contributed by atoms with E-state index in [1.807, 2.05) is 13.2 Å². The third kappa shape index (κ3) is 6.49. The molecule has 12 heavy (non-hydrogen) atoms. The maximum atomic E-state index is 10.3. The first-order valence-electron chi connectivity index (χ1n) is 4.02. The first-order valence-corrected chi connectivity index (χ1v) is 5.42. The zero-order valence-corrected chi connectivity index (χ0v) is 8.43. The molecule has 0 aromatic heterocycles. The molecule has 0 saturated carbocycles. The second-order valence-corrected chi connectivity index (χ2v) is 4.06. The molecule has 0 heterocycles. The maximum Gasteiger partial charge on any atom is 0.303 e. The van der Waals surface area contributed by atoms with Crippen LogP contribution in [0.4, 0.5) is 0 Å². The van der Waals surface area contributed by atoms with Gasteiger partial charge in [-0.1, -0.05) is 6.92 Å². The van der Waals surface area contributed by atoms with Crippen LogP contribution in [0.5, 0.6) is 0 Å². The third-order valence-electron chi connectivity index (χ3n) is 1.61. The molecule has 0 aliphatic heterocycles. The largest absolute Gasteiger partial charge is 0.481 e. The molecule has 0 unspecified atom stereocenters. The molecule has 0 fully saturated rings. The quantitative estimate of drug-likeness (QED) is 0.661. The predicted octanol–water partition coefficient (Wildman–Crippen LogP) is 1.18. The molecule has 0 bridgehead atoms. The van der Waals surface area contributed by atoms with Crippen LogP contribution in [0.2, 0.25) is 0 Å². The van der Waals surface area contributed by atoms with Gasteiger partial charge in [-0.2, -0.15) is 11.8 Å². The normalized spacial score (nSPS) is 15.6. The van der Waals surface area contributed by atoms with E-state index in [1.165, 1.54) is 0 Å². The summed E-state index contributed by atoms with van der Waals surface area (Å²) >= 11 is 1.70. The molecule has 0 rings (SSSR count). The first kappa shape index (κ1) is 11.8. The summed E-state index contributed by atoms with van der Waals surface area (Å²) < 4.78 is 0. The molecular formula is C8H17NO2S. The average Bonchev–Trinajstić information content (AvgIpc) is 1.84. The van der Waals surface area contributed by atoms with Crippen molar-refractivity contribution >= 4 is 17.7 Å². The van der Waals surface area contributed by atoms with Crippen LogP contribution >= 0.6 is 11.8 Å². The summed E-state index contributed by atoms with van der Waals surface area (Å²) in [5, 5.41) is 8.48. The van der Waals surface area contributed by atoms with E-state index < -0.39 is 5.97 Å². The van der Waals surface area contributed by atoms with Crippen molar-refractivity contribution in [1.29, 1.82) is 0 Å². The zero-order chi connectivity index (χ0) is 9.56. The van der Waals surface area contributed by atoms with Crippen LogP contribution in [0, 0.1) is 5.92 Å². The van der Waals surface area contributed by atoms with Crippen LogP contribution in [-0.4, -0.2) is 29.1 Å².